The number of amides is 1. The van der Waals surface area contributed by atoms with E-state index >= 15 is 0 Å². The Labute approximate surface area is 198 Å². The van der Waals surface area contributed by atoms with Crippen molar-refractivity contribution >= 4 is 23.7 Å². The van der Waals surface area contributed by atoms with Gasteiger partial charge >= 0.3 is 12.1 Å². The highest BCUT2D eigenvalue weighted by molar-refractivity contribution is 6.30. The van der Waals surface area contributed by atoms with Gasteiger partial charge in [0.2, 0.25) is 11.7 Å². The van der Waals surface area contributed by atoms with E-state index in [0.29, 0.717) is 5.02 Å². The zero-order valence-electron chi connectivity index (χ0n) is 18.5. The molecule has 2 aromatic heterocycles. The summed E-state index contributed by atoms with van der Waals surface area (Å²) in [6.07, 6.45) is 0.213. The van der Waals surface area contributed by atoms with Gasteiger partial charge in [-0.05, 0) is 44.2 Å². The number of carboxylic acids is 1. The van der Waals surface area contributed by atoms with Gasteiger partial charge in [0.15, 0.2) is 0 Å². The zero-order valence-corrected chi connectivity index (χ0v) is 19.3. The number of tetrazole rings is 1. The number of nitrogens with one attached hydrogen (secondary N) is 1. The summed E-state index contributed by atoms with van der Waals surface area (Å²) in [6, 6.07) is 6.31. The molecule has 0 bridgehead atoms. The Hall–Kier alpha value is -3.80. The number of aromatic nitrogens is 5. The maximum Gasteiger partial charge on any atom is 0.407 e. The molecule has 1 aromatic carbocycles. The molecule has 11 nitrogen and oxygen atoms in total. The number of carbonyl (C=O) groups is 2. The van der Waals surface area contributed by atoms with Gasteiger partial charge in [-0.15, -0.1) is 10.2 Å². The summed E-state index contributed by atoms with van der Waals surface area (Å²) in [4.78, 5) is 28.3. The molecule has 3 aromatic rings. The fourth-order valence-corrected chi connectivity index (χ4v) is 2.87. The van der Waals surface area contributed by atoms with Crippen molar-refractivity contribution in [2.45, 2.75) is 45.4 Å². The maximum atomic E-state index is 14.7. The number of pyridine rings is 1. The van der Waals surface area contributed by atoms with E-state index in [-0.39, 0.29) is 29.6 Å². The topological polar surface area (TPSA) is 141 Å². The molecule has 3 rings (SSSR count). The van der Waals surface area contributed by atoms with Gasteiger partial charge in [0.05, 0.1) is 29.6 Å². The highest BCUT2D eigenvalue weighted by atomic mass is 35.5. The second kappa shape index (κ2) is 10.4. The van der Waals surface area contributed by atoms with Crippen molar-refractivity contribution in [3.05, 3.63) is 47.4 Å². The summed E-state index contributed by atoms with van der Waals surface area (Å²) in [5, 5.41) is 23.8. The molecule has 0 aliphatic rings. The van der Waals surface area contributed by atoms with Crippen LogP contribution in [0.1, 0.15) is 27.2 Å². The summed E-state index contributed by atoms with van der Waals surface area (Å²) in [7, 11) is 0. The Morgan fingerprint density at radius 2 is 2.03 bits per heavy atom. The number of carboxylic acid groups (broad SMARTS) is 1. The number of rotatable bonds is 8. The fraction of sp³-hybridized carbons (Fsp3) is 0.333. The van der Waals surface area contributed by atoms with Crippen molar-refractivity contribution in [2.75, 3.05) is 0 Å². The number of nitrogens with zero attached hydrogens (tertiary/aromatic N) is 5. The first-order chi connectivity index (χ1) is 16.0. The lowest BCUT2D eigenvalue weighted by atomic mass is 10.2. The second-order valence-corrected chi connectivity index (χ2v) is 8.60. The minimum Gasteiger partial charge on any atom is -0.481 e. The molecule has 0 saturated heterocycles. The molecule has 1 amide bonds. The number of ether oxygens (including phenoxy) is 2. The number of hydrogen-bond donors (Lipinski definition) is 2. The van der Waals surface area contributed by atoms with Gasteiger partial charge in [-0.3, -0.25) is 4.79 Å². The Morgan fingerprint density at radius 3 is 2.65 bits per heavy atom. The molecular weight excluding hydrogens is 471 g/mol. The lowest BCUT2D eigenvalue weighted by molar-refractivity contribution is -0.137. The van der Waals surface area contributed by atoms with Gasteiger partial charge in [0, 0.05) is 18.3 Å². The third kappa shape index (κ3) is 7.37. The van der Waals surface area contributed by atoms with Crippen molar-refractivity contribution in [1.29, 1.82) is 0 Å². The highest BCUT2D eigenvalue weighted by Gasteiger charge is 2.23. The molecule has 1 atom stereocenters. The standard InChI is InChI=1S/C21H22ClFN6O5/c1-21(2,3)34-20(32)25-13(8-18(30)31)11-29-27-19(26-28-29)15-6-5-14(9-16(15)23)33-17-7-4-12(22)10-24-17/h4-7,9-10,13H,8,11H2,1-3H3,(H,25,32)(H,30,31). The summed E-state index contributed by atoms with van der Waals surface area (Å²) >= 11 is 5.78. The molecule has 1 unspecified atom stereocenters. The second-order valence-electron chi connectivity index (χ2n) is 8.17. The molecular formula is C21H22ClFN6O5. The van der Waals surface area contributed by atoms with E-state index in [2.05, 4.69) is 25.7 Å². The molecule has 0 aliphatic heterocycles. The first kappa shape index (κ1) is 24.8. The Bertz CT molecular complexity index is 1170. The summed E-state index contributed by atoms with van der Waals surface area (Å²) in [5.41, 5.74) is -0.703. The fourth-order valence-electron chi connectivity index (χ4n) is 2.76. The predicted molar refractivity (Wildman–Crippen MR) is 118 cm³/mol. The van der Waals surface area contributed by atoms with E-state index in [0.717, 1.165) is 10.9 Å². The Morgan fingerprint density at radius 1 is 1.26 bits per heavy atom. The summed E-state index contributed by atoms with van der Waals surface area (Å²) in [6.45, 7) is 4.92. The minimum atomic E-state index is -1.14. The third-order valence-corrected chi connectivity index (χ3v) is 4.31. The molecule has 0 aliphatic carbocycles. The Kier molecular flexibility index (Phi) is 7.61. The van der Waals surface area contributed by atoms with E-state index < -0.39 is 35.9 Å². The monoisotopic (exact) mass is 492 g/mol. The first-order valence-electron chi connectivity index (χ1n) is 10.1. The van der Waals surface area contributed by atoms with Crippen molar-refractivity contribution in [1.82, 2.24) is 30.5 Å². The third-order valence-electron chi connectivity index (χ3n) is 4.08. The predicted octanol–water partition coefficient (Wildman–Crippen LogP) is 3.69. The molecule has 180 valence electrons. The van der Waals surface area contributed by atoms with Crippen molar-refractivity contribution < 1.29 is 28.6 Å². The van der Waals surface area contributed by atoms with E-state index in [4.69, 9.17) is 26.2 Å². The van der Waals surface area contributed by atoms with Gasteiger partial charge in [-0.1, -0.05) is 11.6 Å². The van der Waals surface area contributed by atoms with Gasteiger partial charge in [0.1, 0.15) is 17.2 Å². The molecule has 2 heterocycles. The number of halogens is 2. The average Bonchev–Trinajstić information content (AvgIpc) is 3.16. The van der Waals surface area contributed by atoms with Crippen molar-refractivity contribution in [3.8, 4) is 23.0 Å². The molecule has 0 saturated carbocycles. The van der Waals surface area contributed by atoms with Crippen molar-refractivity contribution in [2.24, 2.45) is 0 Å². The van der Waals surface area contributed by atoms with Crippen LogP contribution in [0.25, 0.3) is 11.4 Å². The number of alkyl carbamates (subject to hydrolysis) is 1. The lowest BCUT2D eigenvalue weighted by Gasteiger charge is -2.22. The van der Waals surface area contributed by atoms with Crippen LogP contribution in [0.15, 0.2) is 36.5 Å². The first-order valence-corrected chi connectivity index (χ1v) is 10.4. The lowest BCUT2D eigenvalue weighted by Crippen LogP contribution is -2.42. The van der Waals surface area contributed by atoms with E-state index in [1.165, 1.54) is 18.3 Å². The van der Waals surface area contributed by atoms with Gasteiger partial charge in [-0.2, -0.15) is 4.80 Å². The molecule has 0 radical (unpaired) electrons. The van der Waals surface area contributed by atoms with Crippen LogP contribution in [0, 0.1) is 5.82 Å². The van der Waals surface area contributed by atoms with Crippen LogP contribution in [-0.2, 0) is 16.1 Å². The van der Waals surface area contributed by atoms with Gasteiger partial charge in [-0.25, -0.2) is 14.2 Å². The molecule has 34 heavy (non-hydrogen) atoms. The largest absolute Gasteiger partial charge is 0.481 e. The number of hydrogen-bond acceptors (Lipinski definition) is 8. The van der Waals surface area contributed by atoms with Crippen LogP contribution in [0.2, 0.25) is 5.02 Å². The van der Waals surface area contributed by atoms with Gasteiger partial charge < -0.3 is 19.9 Å². The quantitative estimate of drug-likeness (QED) is 0.481. The Balaban J connectivity index is 1.70. The average molecular weight is 493 g/mol. The molecule has 0 fully saturated rings. The van der Waals surface area contributed by atoms with Crippen LogP contribution in [0.5, 0.6) is 11.6 Å². The van der Waals surface area contributed by atoms with Crippen LogP contribution in [0.3, 0.4) is 0 Å². The normalized spacial score (nSPS) is 12.1. The molecule has 13 heteroatoms. The number of carbonyl (C=O) groups excluding carboxylic acids is 1. The molecule has 0 spiro atoms. The van der Waals surface area contributed by atoms with E-state index in [1.807, 2.05) is 0 Å². The maximum absolute atomic E-state index is 14.7. The molecule has 2 N–H and O–H groups in total. The van der Waals surface area contributed by atoms with Crippen LogP contribution in [-0.4, -0.2) is 54.0 Å². The SMILES string of the molecule is CC(C)(C)OC(=O)NC(CC(=O)O)Cn1nnc(-c2ccc(Oc3ccc(Cl)cn3)cc2F)n1. The van der Waals surface area contributed by atoms with Crippen LogP contribution >= 0.6 is 11.6 Å². The zero-order chi connectivity index (χ0) is 24.9. The smallest absolute Gasteiger partial charge is 0.407 e. The van der Waals surface area contributed by atoms with Crippen LogP contribution < -0.4 is 10.1 Å². The number of benzene rings is 1. The van der Waals surface area contributed by atoms with E-state index in [9.17, 15) is 14.0 Å². The van der Waals surface area contributed by atoms with Gasteiger partial charge in [0.25, 0.3) is 0 Å². The van der Waals surface area contributed by atoms with Crippen LogP contribution in [0.4, 0.5) is 9.18 Å². The van der Waals surface area contributed by atoms with E-state index in [1.54, 1.807) is 32.9 Å². The minimum absolute atomic E-state index is 0.0278. The number of aliphatic carboxylic acids is 1. The highest BCUT2D eigenvalue weighted by Crippen LogP contribution is 2.26. The van der Waals surface area contributed by atoms with Crippen molar-refractivity contribution in [3.63, 3.8) is 0 Å². The summed E-state index contributed by atoms with van der Waals surface area (Å²) in [5.74, 6) is -1.40. The summed E-state index contributed by atoms with van der Waals surface area (Å²) < 4.78 is 25.3.